The third-order valence-electron chi connectivity index (χ3n) is 5.43. The Morgan fingerprint density at radius 3 is 2.75 bits per heavy atom. The number of hydrogen-bond donors (Lipinski definition) is 1. The van der Waals surface area contributed by atoms with Crippen LogP contribution in [0.4, 0.5) is 11.4 Å². The molecule has 0 aliphatic rings. The number of imidazole rings is 2. The predicted octanol–water partition coefficient (Wildman–Crippen LogP) is 4.27. The lowest BCUT2D eigenvalue weighted by Gasteiger charge is -2.13. The zero-order valence-corrected chi connectivity index (χ0v) is 19.1. The van der Waals surface area contributed by atoms with Crippen LogP contribution in [-0.2, 0) is 6.61 Å². The van der Waals surface area contributed by atoms with E-state index >= 15 is 0 Å². The summed E-state index contributed by atoms with van der Waals surface area (Å²) >= 11 is 0. The van der Waals surface area contributed by atoms with Gasteiger partial charge in [-0.3, -0.25) is 14.9 Å². The van der Waals surface area contributed by atoms with Crippen molar-refractivity contribution in [3.05, 3.63) is 107 Å². The number of aromatic nitrogens is 4. The summed E-state index contributed by atoms with van der Waals surface area (Å²) in [6.45, 7) is 0.192. The molecule has 0 saturated heterocycles. The minimum atomic E-state index is -0.537. The first-order valence-electron chi connectivity index (χ1n) is 10.8. The fourth-order valence-electron chi connectivity index (χ4n) is 3.71. The van der Waals surface area contributed by atoms with Crippen molar-refractivity contribution in [2.24, 2.45) is 0 Å². The van der Waals surface area contributed by atoms with Crippen molar-refractivity contribution in [1.29, 1.82) is 0 Å². The fraction of sp³-hybridized carbons (Fsp3) is 0.0800. The Labute approximate surface area is 204 Å². The van der Waals surface area contributed by atoms with Gasteiger partial charge in [-0.1, -0.05) is 6.07 Å². The minimum Gasteiger partial charge on any atom is -0.493 e. The summed E-state index contributed by atoms with van der Waals surface area (Å²) in [6.07, 6.45) is 8.33. The van der Waals surface area contributed by atoms with Gasteiger partial charge in [-0.15, -0.1) is 0 Å². The first kappa shape index (κ1) is 22.6. The molecule has 36 heavy (non-hydrogen) atoms. The van der Waals surface area contributed by atoms with Gasteiger partial charge >= 0.3 is 0 Å². The number of methoxy groups -OCH3 is 1. The Morgan fingerprint density at radius 2 is 2.00 bits per heavy atom. The zero-order valence-electron chi connectivity index (χ0n) is 19.1. The number of pyridine rings is 1. The molecule has 11 nitrogen and oxygen atoms in total. The van der Waals surface area contributed by atoms with Crippen LogP contribution in [0.2, 0.25) is 0 Å². The second-order valence-corrected chi connectivity index (χ2v) is 7.74. The lowest BCUT2D eigenvalue weighted by Crippen LogP contribution is -2.13. The number of anilines is 1. The Balaban J connectivity index is 1.35. The number of carbonyl (C=O) groups is 1. The standard InChI is InChI=1S/C25H20N6O5/c1-35-22-8-6-18(13-23(22)36-15-19-14-29-10-3-2-4-24(29)27-19)28-25(32)17-5-7-20(21(12-17)31(33)34)30-11-9-26-16-30/h2-14,16H,15H2,1H3,(H,28,32). The van der Waals surface area contributed by atoms with Crippen LogP contribution in [0.1, 0.15) is 16.1 Å². The first-order valence-corrected chi connectivity index (χ1v) is 10.8. The summed E-state index contributed by atoms with van der Waals surface area (Å²) in [4.78, 5) is 32.4. The van der Waals surface area contributed by atoms with Gasteiger partial charge in [0.15, 0.2) is 11.5 Å². The van der Waals surface area contributed by atoms with E-state index in [4.69, 9.17) is 9.47 Å². The van der Waals surface area contributed by atoms with Crippen LogP contribution < -0.4 is 14.8 Å². The minimum absolute atomic E-state index is 0.133. The second-order valence-electron chi connectivity index (χ2n) is 7.74. The van der Waals surface area contributed by atoms with Crippen LogP contribution >= 0.6 is 0 Å². The first-order chi connectivity index (χ1) is 17.5. The number of nitro benzene ring substituents is 1. The Kier molecular flexibility index (Phi) is 6.02. The van der Waals surface area contributed by atoms with Crippen molar-refractivity contribution < 1.29 is 19.2 Å². The number of amides is 1. The molecule has 0 saturated carbocycles. The molecule has 5 rings (SSSR count). The van der Waals surface area contributed by atoms with Crippen LogP contribution in [0.15, 0.2) is 85.7 Å². The molecule has 2 aromatic carbocycles. The average molecular weight is 484 g/mol. The van der Waals surface area contributed by atoms with Crippen LogP contribution in [-0.4, -0.2) is 36.9 Å². The molecule has 180 valence electrons. The number of nitrogens with one attached hydrogen (secondary N) is 1. The lowest BCUT2D eigenvalue weighted by molar-refractivity contribution is -0.384. The number of carbonyl (C=O) groups excluding carboxylic acids is 1. The van der Waals surface area contributed by atoms with Gasteiger partial charge in [-0.2, -0.15) is 0 Å². The van der Waals surface area contributed by atoms with Gasteiger partial charge in [-0.05, 0) is 36.4 Å². The van der Waals surface area contributed by atoms with Crippen molar-refractivity contribution in [1.82, 2.24) is 18.9 Å². The van der Waals surface area contributed by atoms with Crippen LogP contribution in [0, 0.1) is 10.1 Å². The van der Waals surface area contributed by atoms with Gasteiger partial charge in [0.05, 0.1) is 24.1 Å². The molecule has 0 bridgehead atoms. The van der Waals surface area contributed by atoms with Crippen molar-refractivity contribution in [2.45, 2.75) is 6.61 Å². The highest BCUT2D eigenvalue weighted by Crippen LogP contribution is 2.31. The van der Waals surface area contributed by atoms with Crippen molar-refractivity contribution in [3.63, 3.8) is 0 Å². The lowest BCUT2D eigenvalue weighted by atomic mass is 10.1. The van der Waals surface area contributed by atoms with E-state index in [9.17, 15) is 14.9 Å². The molecule has 3 heterocycles. The molecule has 11 heteroatoms. The number of fused-ring (bicyclic) bond motifs is 1. The molecular formula is C25H20N6O5. The molecule has 3 aromatic heterocycles. The van der Waals surface area contributed by atoms with E-state index in [0.29, 0.717) is 22.9 Å². The third-order valence-corrected chi connectivity index (χ3v) is 5.43. The van der Waals surface area contributed by atoms with Gasteiger partial charge in [0.25, 0.3) is 11.6 Å². The fourth-order valence-corrected chi connectivity index (χ4v) is 3.71. The normalized spacial score (nSPS) is 10.8. The highest BCUT2D eigenvalue weighted by atomic mass is 16.6. The van der Waals surface area contributed by atoms with Gasteiger partial charge in [0.1, 0.15) is 17.9 Å². The van der Waals surface area contributed by atoms with Crippen LogP contribution in [0.3, 0.4) is 0 Å². The van der Waals surface area contributed by atoms with E-state index in [2.05, 4.69) is 15.3 Å². The number of nitrogens with zero attached hydrogens (tertiary/aromatic N) is 5. The summed E-state index contributed by atoms with van der Waals surface area (Å²) in [5.41, 5.74) is 2.19. The van der Waals surface area contributed by atoms with Gasteiger partial charge < -0.3 is 23.8 Å². The van der Waals surface area contributed by atoms with Crippen molar-refractivity contribution in [2.75, 3.05) is 12.4 Å². The Morgan fingerprint density at radius 1 is 1.11 bits per heavy atom. The molecule has 0 aliphatic heterocycles. The van der Waals surface area contributed by atoms with Gasteiger partial charge in [0.2, 0.25) is 0 Å². The van der Waals surface area contributed by atoms with E-state index in [1.165, 1.54) is 42.4 Å². The smallest absolute Gasteiger partial charge is 0.294 e. The van der Waals surface area contributed by atoms with Crippen LogP contribution in [0.5, 0.6) is 11.5 Å². The SMILES string of the molecule is COc1ccc(NC(=O)c2ccc(-n3ccnc3)c([N+](=O)[O-])c2)cc1OCc1cn2ccccc2n1. The maximum atomic E-state index is 12.9. The van der Waals surface area contributed by atoms with E-state index in [0.717, 1.165) is 11.3 Å². The number of rotatable bonds is 8. The molecule has 0 fully saturated rings. The molecule has 0 aliphatic carbocycles. The molecule has 5 aromatic rings. The molecular weight excluding hydrogens is 464 g/mol. The molecule has 1 amide bonds. The van der Waals surface area contributed by atoms with E-state index < -0.39 is 10.8 Å². The summed E-state index contributed by atoms with van der Waals surface area (Å²) in [5, 5.41) is 14.4. The summed E-state index contributed by atoms with van der Waals surface area (Å²) in [5.74, 6) is 0.387. The van der Waals surface area contributed by atoms with E-state index in [-0.39, 0.29) is 17.9 Å². The molecule has 1 N–H and O–H groups in total. The summed E-state index contributed by atoms with van der Waals surface area (Å²) in [7, 11) is 1.52. The number of nitro groups is 1. The van der Waals surface area contributed by atoms with Crippen LogP contribution in [0.25, 0.3) is 11.3 Å². The van der Waals surface area contributed by atoms with E-state index in [1.807, 2.05) is 35.0 Å². The zero-order chi connectivity index (χ0) is 25.1. The molecule has 0 spiro atoms. The average Bonchev–Trinajstić information content (AvgIpc) is 3.57. The monoisotopic (exact) mass is 484 g/mol. The maximum Gasteiger partial charge on any atom is 0.294 e. The largest absolute Gasteiger partial charge is 0.493 e. The number of benzene rings is 2. The Hall–Kier alpha value is -5.19. The quantitative estimate of drug-likeness (QED) is 0.257. The summed E-state index contributed by atoms with van der Waals surface area (Å²) in [6, 6.07) is 14.9. The Bertz CT molecular complexity index is 1530. The predicted molar refractivity (Wildman–Crippen MR) is 131 cm³/mol. The summed E-state index contributed by atoms with van der Waals surface area (Å²) < 4.78 is 14.7. The third kappa shape index (κ3) is 4.57. The number of hydrogen-bond acceptors (Lipinski definition) is 7. The molecule has 0 radical (unpaired) electrons. The van der Waals surface area contributed by atoms with Crippen molar-refractivity contribution >= 4 is 22.9 Å². The van der Waals surface area contributed by atoms with E-state index in [1.54, 1.807) is 24.4 Å². The topological polar surface area (TPSA) is 126 Å². The molecule has 0 atom stereocenters. The molecule has 0 unspecified atom stereocenters. The highest BCUT2D eigenvalue weighted by Gasteiger charge is 2.19. The van der Waals surface area contributed by atoms with Crippen molar-refractivity contribution in [3.8, 4) is 17.2 Å². The van der Waals surface area contributed by atoms with Gasteiger partial charge in [0, 0.05) is 48.2 Å². The maximum absolute atomic E-state index is 12.9. The number of ether oxygens (including phenoxy) is 2. The highest BCUT2D eigenvalue weighted by molar-refractivity contribution is 6.05. The van der Waals surface area contributed by atoms with Gasteiger partial charge in [-0.25, -0.2) is 9.97 Å². The second kappa shape index (κ2) is 9.58.